The summed E-state index contributed by atoms with van der Waals surface area (Å²) in [5.41, 5.74) is 24.5. The highest BCUT2D eigenvalue weighted by atomic mass is 32.1. The molecular weight excluding hydrogens is 1430 g/mol. The number of carboxylic acid groups (broad SMARTS) is 1. The lowest BCUT2D eigenvalue weighted by Gasteiger charge is -2.28. The number of H-pyrrole nitrogens is 2. The number of nitrogens with two attached hydrogens (primary N) is 4. The molecule has 25 N–H and O–H groups in total. The molecule has 1 fully saturated rings. The van der Waals surface area contributed by atoms with Crippen LogP contribution in [0.25, 0.3) is 0 Å². The number of aromatic amines is 2. The van der Waals surface area contributed by atoms with Crippen molar-refractivity contribution in [2.24, 2.45) is 28.9 Å². The smallest absolute Gasteiger partial charge is 0.326 e. The SMILES string of the molecule is CC(C)[C@H](NC(=O)[C@H](C)NC(=O)[C@H](Cc1c[nH]cn1)NC(=O)[C@H](CCC(N)=O)NC(=O)[C@H](CCCCN)NC(=O)[C@H](CO)NC(=O)[C@H](CS)NC(=O)[C@H](CO)NC(=O)[C@@H]1CCCN1C(=O)[C@@H](N)Cc1c[nH]cn1)C(=O)N[C@@H](Cc1ccccc1)C(=O)N[C@@H](CCC(N)=O)C(=O)N[C@@H](Cc1ccc(O)cc1)C(=O)O. The average Bonchev–Trinajstić information content (AvgIpc) is 1.79. The number of amides is 14. The van der Waals surface area contributed by atoms with Gasteiger partial charge in [-0.3, -0.25) is 67.1 Å². The van der Waals surface area contributed by atoms with Gasteiger partial charge in [-0.1, -0.05) is 56.3 Å². The van der Waals surface area contributed by atoms with E-state index in [1.54, 1.807) is 50.4 Å². The van der Waals surface area contributed by atoms with Crippen molar-refractivity contribution in [1.29, 1.82) is 0 Å². The number of nitrogens with zero attached hydrogens (tertiary/aromatic N) is 3. The fraction of sp³-hybridized carbons (Fsp3) is 0.515. The van der Waals surface area contributed by atoms with Crippen LogP contribution in [-0.4, -0.2) is 245 Å². The first-order chi connectivity index (χ1) is 51.4. The minimum Gasteiger partial charge on any atom is -0.508 e. The highest BCUT2D eigenvalue weighted by Gasteiger charge is 2.40. The topological polar surface area (TPSA) is 634 Å². The Hall–Kier alpha value is -11.1. The number of phenols is 1. The molecule has 0 unspecified atom stereocenters. The number of nitrogens with one attached hydrogen (secondary N) is 13. The van der Waals surface area contributed by atoms with Gasteiger partial charge in [0.25, 0.3) is 0 Å². The minimum atomic E-state index is -1.83. The molecule has 4 aromatic rings. The largest absolute Gasteiger partial charge is 0.508 e. The molecule has 2 aromatic heterocycles. The fourth-order valence-corrected chi connectivity index (χ4v) is 11.5. The number of hydrogen-bond acceptors (Lipinski definition) is 23. The third-order valence-corrected chi connectivity index (χ3v) is 17.7. The molecule has 5 rings (SSSR count). The lowest BCUT2D eigenvalue weighted by Crippen LogP contribution is -2.61. The van der Waals surface area contributed by atoms with E-state index in [1.165, 1.54) is 54.9 Å². The summed E-state index contributed by atoms with van der Waals surface area (Å²) in [4.78, 5) is 219. The molecule has 0 saturated carbocycles. The summed E-state index contributed by atoms with van der Waals surface area (Å²) in [6.07, 6.45) is 3.96. The van der Waals surface area contributed by atoms with Gasteiger partial charge in [-0.15, -0.1) is 0 Å². The van der Waals surface area contributed by atoms with Crippen LogP contribution in [0.1, 0.15) is 101 Å². The third kappa shape index (κ3) is 28.3. The number of primary amides is 2. The van der Waals surface area contributed by atoms with Gasteiger partial charge in [-0.25, -0.2) is 14.8 Å². The highest BCUT2D eigenvalue weighted by Crippen LogP contribution is 2.20. The van der Waals surface area contributed by atoms with Gasteiger partial charge < -0.3 is 117 Å². The predicted octanol–water partition coefficient (Wildman–Crippen LogP) is -6.90. The summed E-state index contributed by atoms with van der Waals surface area (Å²) >= 11 is 4.15. The molecule has 590 valence electrons. The number of hydrogen-bond donors (Lipinski definition) is 22. The first kappa shape index (κ1) is 87.5. The van der Waals surface area contributed by atoms with Crippen molar-refractivity contribution in [3.63, 3.8) is 0 Å². The van der Waals surface area contributed by atoms with Gasteiger partial charge in [0.15, 0.2) is 0 Å². The number of rotatable bonds is 46. The van der Waals surface area contributed by atoms with E-state index in [1.807, 2.05) is 0 Å². The number of thiol groups is 1. The predicted molar refractivity (Wildman–Crippen MR) is 386 cm³/mol. The Bertz CT molecular complexity index is 3710. The number of phenolic OH excluding ortho intramolecular Hbond substituents is 1. The average molecular weight is 1530 g/mol. The number of carbonyl (C=O) groups is 15. The summed E-state index contributed by atoms with van der Waals surface area (Å²) < 4.78 is 0. The van der Waals surface area contributed by atoms with E-state index < -0.39 is 218 Å². The first-order valence-electron chi connectivity index (χ1n) is 34.9. The molecule has 0 radical (unpaired) electrons. The second-order valence-electron chi connectivity index (χ2n) is 26.1. The molecule has 40 heteroatoms. The number of carboxylic acids is 1. The van der Waals surface area contributed by atoms with Crippen LogP contribution in [0, 0.1) is 5.92 Å². The van der Waals surface area contributed by atoms with E-state index in [0.29, 0.717) is 29.7 Å². The van der Waals surface area contributed by atoms with Crippen molar-refractivity contribution >= 4 is 101 Å². The summed E-state index contributed by atoms with van der Waals surface area (Å²) in [5, 5.41) is 67.3. The molecule has 0 spiro atoms. The maximum Gasteiger partial charge on any atom is 0.326 e. The van der Waals surface area contributed by atoms with Crippen molar-refractivity contribution in [2.75, 3.05) is 32.1 Å². The zero-order valence-electron chi connectivity index (χ0n) is 59.8. The molecule has 39 nitrogen and oxygen atoms in total. The Morgan fingerprint density at radius 3 is 1.48 bits per heavy atom. The van der Waals surface area contributed by atoms with Crippen LogP contribution < -0.4 is 81.4 Å². The number of aliphatic hydroxyl groups excluding tert-OH is 2. The summed E-state index contributed by atoms with van der Waals surface area (Å²) in [6.45, 7) is 2.61. The monoisotopic (exact) mass is 1530 g/mol. The molecule has 108 heavy (non-hydrogen) atoms. The molecule has 1 aliphatic rings. The molecule has 1 saturated heterocycles. The highest BCUT2D eigenvalue weighted by molar-refractivity contribution is 7.80. The Morgan fingerprint density at radius 1 is 0.528 bits per heavy atom. The second-order valence-corrected chi connectivity index (χ2v) is 26.4. The third-order valence-electron chi connectivity index (χ3n) is 17.3. The number of likely N-dealkylation sites (tertiary alicyclic amines) is 1. The van der Waals surface area contributed by atoms with Gasteiger partial charge in [-0.2, -0.15) is 12.6 Å². The molecule has 0 aliphatic carbocycles. The van der Waals surface area contributed by atoms with Crippen molar-refractivity contribution in [3.8, 4) is 5.75 Å². The van der Waals surface area contributed by atoms with E-state index in [-0.39, 0.29) is 69.5 Å². The number of benzene rings is 2. The van der Waals surface area contributed by atoms with E-state index in [4.69, 9.17) is 22.9 Å². The maximum atomic E-state index is 14.4. The molecular formula is C68H98N20O19S. The summed E-state index contributed by atoms with van der Waals surface area (Å²) in [5.74, 6) is -16.2. The Labute approximate surface area is 626 Å². The van der Waals surface area contributed by atoms with Crippen LogP contribution in [0.2, 0.25) is 0 Å². The molecule has 13 atom stereocenters. The number of aliphatic hydroxyl groups is 2. The Morgan fingerprint density at radius 2 is 0.972 bits per heavy atom. The van der Waals surface area contributed by atoms with Crippen molar-refractivity contribution in [1.82, 2.24) is 83.3 Å². The zero-order chi connectivity index (χ0) is 79.7. The Kier molecular flexibility index (Phi) is 35.8. The number of unbranched alkanes of at least 4 members (excludes halogenated alkanes) is 1. The van der Waals surface area contributed by atoms with E-state index in [9.17, 15) is 92.3 Å². The van der Waals surface area contributed by atoms with Crippen molar-refractivity contribution in [2.45, 2.75) is 183 Å². The number of carbonyl (C=O) groups excluding carboxylic acids is 14. The van der Waals surface area contributed by atoms with E-state index in [0.717, 1.165) is 0 Å². The molecule has 2 aromatic carbocycles. The van der Waals surface area contributed by atoms with Crippen LogP contribution in [0.4, 0.5) is 0 Å². The molecule has 14 amide bonds. The van der Waals surface area contributed by atoms with Crippen LogP contribution in [0.15, 0.2) is 79.6 Å². The van der Waals surface area contributed by atoms with Gasteiger partial charge in [0.1, 0.15) is 78.3 Å². The van der Waals surface area contributed by atoms with Crippen molar-refractivity contribution in [3.05, 3.63) is 102 Å². The van der Waals surface area contributed by atoms with Crippen LogP contribution in [-0.2, 0) is 97.6 Å². The number of aromatic nitrogens is 4. The van der Waals surface area contributed by atoms with Gasteiger partial charge in [-0.05, 0) is 87.6 Å². The van der Waals surface area contributed by atoms with Crippen LogP contribution in [0.5, 0.6) is 5.75 Å². The Balaban J connectivity index is 1.27. The van der Waals surface area contributed by atoms with E-state index in [2.05, 4.69) is 91.0 Å². The van der Waals surface area contributed by atoms with Crippen molar-refractivity contribution < 1.29 is 92.3 Å². The zero-order valence-corrected chi connectivity index (χ0v) is 60.7. The molecule has 0 bridgehead atoms. The van der Waals surface area contributed by atoms with Crippen LogP contribution >= 0.6 is 12.6 Å². The standard InChI is InChI=1S/C68H98N20O19S/c1-35(2)55(66(104)82-46(24-37-10-5-4-6-11-37)61(99)80-45(19-21-54(72)93)59(97)83-48(68(106)107)25-38-14-16-41(91)17-15-38)87-56(94)36(3)77-60(98)47(27-40-29-74-34-76-40)81-58(96)44(18-20-53(71)92)79-57(95)43(12-7-8-22-69)78-62(100)49(30-89)84-64(102)51(32-108)86-63(101)50(31-90)85-65(103)52-13-9-23-88(52)67(105)42(70)26-39-28-73-33-75-39/h4-6,10-11,14-17,28-29,33-36,42-52,55,89-91,108H,7-9,12-13,18-27,30-32,69-70H2,1-3H3,(H2,71,92)(H2,72,93)(H,73,75)(H,74,76)(H,77,98)(H,78,100)(H,79,95)(H,80,99)(H,81,96)(H,82,104)(H,83,97)(H,84,102)(H,85,103)(H,86,101)(H,87,94)(H,106,107)/t36-,42-,43-,44-,45-,46-,47-,48-,49-,50-,51-,52-,55-/m0/s1. The van der Waals surface area contributed by atoms with Gasteiger partial charge in [0.2, 0.25) is 82.7 Å². The first-order valence-corrected chi connectivity index (χ1v) is 35.5. The number of aromatic hydroxyl groups is 1. The van der Waals surface area contributed by atoms with Gasteiger partial charge in [0.05, 0.1) is 43.3 Å². The van der Waals surface area contributed by atoms with Crippen LogP contribution in [0.3, 0.4) is 0 Å². The normalized spacial score (nSPS) is 15.9. The van der Waals surface area contributed by atoms with Gasteiger partial charge >= 0.3 is 5.97 Å². The lowest BCUT2D eigenvalue weighted by atomic mass is 10.00. The fourth-order valence-electron chi connectivity index (χ4n) is 11.3. The lowest BCUT2D eigenvalue weighted by molar-refractivity contribution is -0.142. The summed E-state index contributed by atoms with van der Waals surface area (Å²) in [7, 11) is 0. The van der Waals surface area contributed by atoms with Gasteiger partial charge in [0, 0.05) is 63.2 Å². The second kappa shape index (κ2) is 44.1. The minimum absolute atomic E-state index is 0.0707. The number of aliphatic carboxylic acids is 1. The summed E-state index contributed by atoms with van der Waals surface area (Å²) in [6, 6.07) is -5.85. The quantitative estimate of drug-likeness (QED) is 0.0144. The van der Waals surface area contributed by atoms with E-state index >= 15 is 0 Å². The maximum absolute atomic E-state index is 14.4. The number of imidazole rings is 2. The molecule has 3 heterocycles. The molecule has 1 aliphatic heterocycles.